The van der Waals surface area contributed by atoms with E-state index in [9.17, 15) is 13.5 Å². The Hall–Kier alpha value is -0.870. The van der Waals surface area contributed by atoms with Gasteiger partial charge in [0.1, 0.15) is 6.61 Å². The summed E-state index contributed by atoms with van der Waals surface area (Å²) in [7, 11) is -2.62. The highest BCUT2D eigenvalue weighted by Crippen LogP contribution is 2.09. The van der Waals surface area contributed by atoms with Crippen molar-refractivity contribution in [3.8, 4) is 0 Å². The van der Waals surface area contributed by atoms with E-state index >= 15 is 0 Å². The zero-order valence-electron chi connectivity index (χ0n) is 5.69. The van der Waals surface area contributed by atoms with Gasteiger partial charge in [-0.15, -0.1) is 0 Å². The molecule has 1 aromatic carbocycles. The van der Waals surface area contributed by atoms with Crippen LogP contribution in [0.4, 0.5) is 0 Å². The standard InChI is InChI=1S/C7H7O3S/c8-5-6-3-1-2-4-7(6)11(9)10/h1-4,11H,5H2. The van der Waals surface area contributed by atoms with E-state index < -0.39 is 17.3 Å². The summed E-state index contributed by atoms with van der Waals surface area (Å²) in [5.74, 6) is 0. The number of thiol groups is 1. The first-order chi connectivity index (χ1) is 5.25. The van der Waals surface area contributed by atoms with Gasteiger partial charge in [0.15, 0.2) is 10.7 Å². The fourth-order valence-electron chi connectivity index (χ4n) is 0.811. The van der Waals surface area contributed by atoms with Gasteiger partial charge in [-0.2, -0.15) is 0 Å². The van der Waals surface area contributed by atoms with Crippen LogP contribution in [0.25, 0.3) is 0 Å². The molecule has 0 N–H and O–H groups in total. The SMILES string of the molecule is [O]Cc1ccccc1[SH](=O)=O. The Morgan fingerprint density at radius 3 is 2.27 bits per heavy atom. The largest absolute Gasteiger partial charge is 0.232 e. The predicted molar refractivity (Wildman–Crippen MR) is 39.4 cm³/mol. The summed E-state index contributed by atoms with van der Waals surface area (Å²) < 4.78 is 21.0. The van der Waals surface area contributed by atoms with E-state index in [0.717, 1.165) is 0 Å². The van der Waals surface area contributed by atoms with Gasteiger partial charge in [-0.25, -0.2) is 13.5 Å². The molecule has 3 nitrogen and oxygen atoms in total. The van der Waals surface area contributed by atoms with E-state index in [0.29, 0.717) is 5.56 Å². The van der Waals surface area contributed by atoms with Gasteiger partial charge in [0.2, 0.25) is 0 Å². The highest BCUT2D eigenvalue weighted by atomic mass is 32.2. The Kier molecular flexibility index (Phi) is 2.62. The van der Waals surface area contributed by atoms with Crippen molar-refractivity contribution in [3.63, 3.8) is 0 Å². The Labute approximate surface area is 66.2 Å². The average Bonchev–Trinajstić information content (AvgIpc) is 2.04. The third-order valence-electron chi connectivity index (χ3n) is 1.34. The molecule has 11 heavy (non-hydrogen) atoms. The molecule has 0 aromatic heterocycles. The third-order valence-corrected chi connectivity index (χ3v) is 2.17. The molecule has 1 rings (SSSR count). The van der Waals surface area contributed by atoms with Gasteiger partial charge in [-0.1, -0.05) is 18.2 Å². The van der Waals surface area contributed by atoms with Crippen LogP contribution < -0.4 is 0 Å². The number of rotatable bonds is 2. The molecule has 0 bridgehead atoms. The molecular formula is C7H7O3S. The van der Waals surface area contributed by atoms with Gasteiger partial charge in [0.25, 0.3) is 0 Å². The molecule has 1 radical (unpaired) electrons. The minimum atomic E-state index is -2.62. The van der Waals surface area contributed by atoms with Crippen LogP contribution in [0.5, 0.6) is 0 Å². The second-order valence-electron chi connectivity index (χ2n) is 2.03. The molecule has 0 aliphatic carbocycles. The van der Waals surface area contributed by atoms with Gasteiger partial charge in [-0.3, -0.25) is 0 Å². The molecule has 0 aliphatic heterocycles. The summed E-state index contributed by atoms with van der Waals surface area (Å²) >= 11 is 0. The quantitative estimate of drug-likeness (QED) is 0.662. The minimum Gasteiger partial charge on any atom is -0.232 e. The van der Waals surface area contributed by atoms with E-state index in [1.165, 1.54) is 12.1 Å². The van der Waals surface area contributed by atoms with Crippen LogP contribution in [-0.4, -0.2) is 8.42 Å². The molecule has 0 heterocycles. The molecule has 0 fully saturated rings. The van der Waals surface area contributed by atoms with Gasteiger partial charge in [0.05, 0.1) is 4.90 Å². The van der Waals surface area contributed by atoms with Crippen LogP contribution >= 0.6 is 0 Å². The van der Waals surface area contributed by atoms with Crippen LogP contribution in [0.15, 0.2) is 29.2 Å². The topological polar surface area (TPSA) is 54.0 Å². The lowest BCUT2D eigenvalue weighted by Gasteiger charge is -1.96. The maximum Gasteiger partial charge on any atom is 0.168 e. The average molecular weight is 171 g/mol. The fourth-order valence-corrected chi connectivity index (χ4v) is 1.39. The Morgan fingerprint density at radius 1 is 1.18 bits per heavy atom. The highest BCUT2D eigenvalue weighted by Gasteiger charge is 2.01. The van der Waals surface area contributed by atoms with E-state index in [4.69, 9.17) is 0 Å². The van der Waals surface area contributed by atoms with Crippen molar-refractivity contribution < 1.29 is 13.5 Å². The lowest BCUT2D eigenvalue weighted by atomic mass is 10.2. The smallest absolute Gasteiger partial charge is 0.168 e. The van der Waals surface area contributed by atoms with Crippen LogP contribution in [-0.2, 0) is 22.4 Å². The van der Waals surface area contributed by atoms with Gasteiger partial charge < -0.3 is 0 Å². The maximum atomic E-state index is 10.5. The molecule has 0 amide bonds. The van der Waals surface area contributed by atoms with Gasteiger partial charge in [0, 0.05) is 0 Å². The van der Waals surface area contributed by atoms with E-state index in [2.05, 4.69) is 0 Å². The molecule has 4 heteroatoms. The lowest BCUT2D eigenvalue weighted by Crippen LogP contribution is -1.89. The minimum absolute atomic E-state index is 0.137. The Bertz CT molecular complexity index is 309. The molecule has 0 aliphatic rings. The maximum absolute atomic E-state index is 10.5. The van der Waals surface area contributed by atoms with Gasteiger partial charge >= 0.3 is 0 Å². The summed E-state index contributed by atoms with van der Waals surface area (Å²) in [6.45, 7) is -0.487. The molecule has 1 aromatic rings. The Balaban J connectivity index is 3.23. The van der Waals surface area contributed by atoms with Crippen LogP contribution in [0, 0.1) is 0 Å². The van der Waals surface area contributed by atoms with Crippen molar-refractivity contribution in [2.75, 3.05) is 0 Å². The highest BCUT2D eigenvalue weighted by molar-refractivity contribution is 7.72. The van der Waals surface area contributed by atoms with E-state index in [-0.39, 0.29) is 4.90 Å². The Morgan fingerprint density at radius 2 is 1.82 bits per heavy atom. The van der Waals surface area contributed by atoms with Crippen molar-refractivity contribution in [2.45, 2.75) is 11.5 Å². The number of benzene rings is 1. The summed E-state index contributed by atoms with van der Waals surface area (Å²) in [6, 6.07) is 6.20. The monoisotopic (exact) mass is 171 g/mol. The van der Waals surface area contributed by atoms with Gasteiger partial charge in [-0.05, 0) is 11.6 Å². The zero-order chi connectivity index (χ0) is 8.27. The predicted octanol–water partition coefficient (Wildman–Crippen LogP) is 0.587. The van der Waals surface area contributed by atoms with Crippen molar-refractivity contribution in [2.24, 2.45) is 0 Å². The van der Waals surface area contributed by atoms with E-state index in [1.807, 2.05) is 0 Å². The number of hydrogen-bond acceptors (Lipinski definition) is 2. The summed E-state index contributed by atoms with van der Waals surface area (Å²) in [5.41, 5.74) is 0.337. The molecule has 0 saturated carbocycles. The summed E-state index contributed by atoms with van der Waals surface area (Å²) in [4.78, 5) is 0.137. The van der Waals surface area contributed by atoms with Crippen molar-refractivity contribution >= 4 is 10.7 Å². The molecule has 0 atom stereocenters. The third kappa shape index (κ3) is 1.78. The zero-order valence-corrected chi connectivity index (χ0v) is 6.58. The summed E-state index contributed by atoms with van der Waals surface area (Å²) in [6.07, 6.45) is 0. The normalized spacial score (nSPS) is 10.4. The molecule has 0 saturated heterocycles. The second kappa shape index (κ2) is 3.50. The van der Waals surface area contributed by atoms with Crippen molar-refractivity contribution in [1.29, 1.82) is 0 Å². The van der Waals surface area contributed by atoms with Crippen LogP contribution in [0.2, 0.25) is 0 Å². The molecular weight excluding hydrogens is 164 g/mol. The summed E-state index contributed by atoms with van der Waals surface area (Å²) in [5, 5.41) is 10.4. The first-order valence-electron chi connectivity index (χ1n) is 3.06. The van der Waals surface area contributed by atoms with E-state index in [1.54, 1.807) is 12.1 Å². The lowest BCUT2D eigenvalue weighted by molar-refractivity contribution is 0.175. The first kappa shape index (κ1) is 8.23. The number of hydrogen-bond donors (Lipinski definition) is 1. The van der Waals surface area contributed by atoms with Crippen molar-refractivity contribution in [3.05, 3.63) is 29.8 Å². The molecule has 59 valence electrons. The van der Waals surface area contributed by atoms with Crippen LogP contribution in [0.1, 0.15) is 5.56 Å². The fraction of sp³-hybridized carbons (Fsp3) is 0.143. The second-order valence-corrected chi connectivity index (χ2v) is 3.03. The van der Waals surface area contributed by atoms with Crippen molar-refractivity contribution in [1.82, 2.24) is 0 Å². The first-order valence-corrected chi connectivity index (χ1v) is 4.24. The van der Waals surface area contributed by atoms with Crippen LogP contribution in [0.3, 0.4) is 0 Å². The molecule has 0 unspecified atom stereocenters. The molecule has 0 spiro atoms.